The quantitative estimate of drug-likeness (QED) is 0.834. The van der Waals surface area contributed by atoms with Gasteiger partial charge in [-0.05, 0) is 47.4 Å². The molecule has 2 amide bonds. The summed E-state index contributed by atoms with van der Waals surface area (Å²) in [5, 5.41) is 0.549. The van der Waals surface area contributed by atoms with Crippen molar-refractivity contribution < 1.29 is 9.00 Å². The molecule has 0 saturated heterocycles. The summed E-state index contributed by atoms with van der Waals surface area (Å²) in [6.07, 6.45) is 0. The average molecular weight is 366 g/mol. The van der Waals surface area contributed by atoms with Crippen molar-refractivity contribution in [1.29, 1.82) is 0 Å². The third kappa shape index (κ3) is 4.49. The van der Waals surface area contributed by atoms with Crippen LogP contribution in [0.15, 0.2) is 57.8 Å². The Labute approximate surface area is 147 Å². The molecule has 0 aromatic heterocycles. The maximum absolute atomic E-state index is 13.2. The Morgan fingerprint density at radius 2 is 1.62 bits per heavy atom. The summed E-state index contributed by atoms with van der Waals surface area (Å²) in [4.78, 5) is 11.7. The molecular weight excluding hydrogens is 346 g/mol. The van der Waals surface area contributed by atoms with Gasteiger partial charge in [-0.15, -0.1) is 4.36 Å². The normalized spacial score (nSPS) is 13.8. The number of nitrogens with one attached hydrogen (secondary N) is 1. The molecule has 0 spiro atoms. The zero-order valence-corrected chi connectivity index (χ0v) is 15.3. The molecule has 2 aromatic carbocycles. The van der Waals surface area contributed by atoms with E-state index in [1.165, 1.54) is 0 Å². The zero-order chi connectivity index (χ0) is 18.0. The fraction of sp³-hybridized carbons (Fsp3) is 0.235. The van der Waals surface area contributed by atoms with E-state index in [4.69, 9.17) is 17.3 Å². The monoisotopic (exact) mass is 365 g/mol. The van der Waals surface area contributed by atoms with Gasteiger partial charge in [0.1, 0.15) is 0 Å². The van der Waals surface area contributed by atoms with E-state index < -0.39 is 15.9 Å². The minimum Gasteiger partial charge on any atom is -0.349 e. The molecular formula is C17H20ClN3O2S. The van der Waals surface area contributed by atoms with Crippen LogP contribution in [0.2, 0.25) is 5.02 Å². The lowest BCUT2D eigenvalue weighted by molar-refractivity contribution is 0.257. The van der Waals surface area contributed by atoms with Gasteiger partial charge in [-0.25, -0.2) is 9.00 Å². The second-order valence-corrected chi connectivity index (χ2v) is 8.68. The van der Waals surface area contributed by atoms with Gasteiger partial charge in [0.15, 0.2) is 9.92 Å². The largest absolute Gasteiger partial charge is 0.349 e. The number of carbonyl (C=O) groups is 1. The van der Waals surface area contributed by atoms with Gasteiger partial charge in [0.2, 0.25) is 0 Å². The molecule has 128 valence electrons. The Bertz CT molecular complexity index is 847. The highest BCUT2D eigenvalue weighted by Gasteiger charge is 2.18. The second kappa shape index (κ2) is 6.83. The molecule has 1 atom stereocenters. The summed E-state index contributed by atoms with van der Waals surface area (Å²) in [6.45, 7) is 6.25. The van der Waals surface area contributed by atoms with Crippen LogP contribution in [0.1, 0.15) is 26.3 Å². The van der Waals surface area contributed by atoms with Gasteiger partial charge >= 0.3 is 6.03 Å². The summed E-state index contributed by atoms with van der Waals surface area (Å²) in [5.74, 6) is 0. The fourth-order valence-corrected chi connectivity index (χ4v) is 3.69. The van der Waals surface area contributed by atoms with E-state index in [-0.39, 0.29) is 5.41 Å². The number of amides is 2. The van der Waals surface area contributed by atoms with Gasteiger partial charge in [-0.2, -0.15) is 0 Å². The van der Waals surface area contributed by atoms with E-state index in [2.05, 4.69) is 29.9 Å². The number of hydrogen-bond acceptors (Lipinski definition) is 2. The standard InChI is InChI=1S/C17H20ClN3O2S/c1-17(2,3)12-4-10-15(11-5-12)24(23,21-16(19)22)20-14-8-6-13(18)7-9-14/h4-11H,1-3H3,(H3,19,20,21,22,23). The molecule has 0 bridgehead atoms. The first-order chi connectivity index (χ1) is 11.1. The number of benzene rings is 2. The Kier molecular flexibility index (Phi) is 5.20. The Morgan fingerprint density at radius 1 is 1.08 bits per heavy atom. The fourth-order valence-electron chi connectivity index (χ4n) is 2.08. The third-order valence-electron chi connectivity index (χ3n) is 3.36. The maximum Gasteiger partial charge on any atom is 0.348 e. The van der Waals surface area contributed by atoms with E-state index in [0.29, 0.717) is 15.6 Å². The molecule has 0 aliphatic rings. The number of urea groups is 1. The first-order valence-electron chi connectivity index (χ1n) is 7.31. The van der Waals surface area contributed by atoms with Crippen LogP contribution in [0.5, 0.6) is 0 Å². The lowest BCUT2D eigenvalue weighted by Gasteiger charge is -2.20. The number of halogens is 1. The maximum atomic E-state index is 13.2. The van der Waals surface area contributed by atoms with Crippen molar-refractivity contribution in [2.45, 2.75) is 31.1 Å². The number of carbonyl (C=O) groups excluding carboxylic acids is 1. The van der Waals surface area contributed by atoms with Crippen molar-refractivity contribution in [3.63, 3.8) is 0 Å². The summed E-state index contributed by atoms with van der Waals surface area (Å²) >= 11 is 5.85. The van der Waals surface area contributed by atoms with Crippen molar-refractivity contribution in [3.05, 3.63) is 59.1 Å². The molecule has 0 aliphatic heterocycles. The second-order valence-electron chi connectivity index (χ2n) is 6.34. The SMILES string of the molecule is CC(C)(C)c1ccc(S(=O)(=NC(N)=O)Nc2ccc(Cl)cc2)cc1. The average Bonchev–Trinajstić information content (AvgIpc) is 2.48. The van der Waals surface area contributed by atoms with Crippen molar-refractivity contribution in [2.24, 2.45) is 10.1 Å². The number of hydrogen-bond donors (Lipinski definition) is 2. The van der Waals surface area contributed by atoms with Crippen molar-refractivity contribution in [3.8, 4) is 0 Å². The zero-order valence-electron chi connectivity index (χ0n) is 13.7. The number of nitrogens with zero attached hydrogens (tertiary/aromatic N) is 1. The molecule has 7 heteroatoms. The predicted molar refractivity (Wildman–Crippen MR) is 98.6 cm³/mol. The highest BCUT2D eigenvalue weighted by molar-refractivity contribution is 7.95. The third-order valence-corrected chi connectivity index (χ3v) is 5.47. The van der Waals surface area contributed by atoms with Gasteiger partial charge in [0.05, 0.1) is 4.90 Å². The van der Waals surface area contributed by atoms with Gasteiger partial charge in [0, 0.05) is 10.7 Å². The minimum absolute atomic E-state index is 0.0379. The summed E-state index contributed by atoms with van der Waals surface area (Å²) in [7, 11) is -3.24. The molecule has 5 nitrogen and oxygen atoms in total. The first kappa shape index (κ1) is 18.3. The molecule has 0 heterocycles. The molecule has 0 fully saturated rings. The molecule has 2 rings (SSSR count). The van der Waals surface area contributed by atoms with Crippen LogP contribution in [0, 0.1) is 0 Å². The highest BCUT2D eigenvalue weighted by atomic mass is 35.5. The van der Waals surface area contributed by atoms with E-state index in [1.807, 2.05) is 12.1 Å². The number of anilines is 1. The summed E-state index contributed by atoms with van der Waals surface area (Å²) in [6, 6.07) is 12.7. The van der Waals surface area contributed by atoms with Crippen LogP contribution in [-0.2, 0) is 15.3 Å². The molecule has 0 aliphatic carbocycles. The van der Waals surface area contributed by atoms with Crippen LogP contribution in [0.25, 0.3) is 0 Å². The summed E-state index contributed by atoms with van der Waals surface area (Å²) in [5.41, 5.74) is 6.71. The Hall–Kier alpha value is -2.05. The number of rotatable bonds is 3. The van der Waals surface area contributed by atoms with Crippen LogP contribution in [0.4, 0.5) is 10.5 Å². The van der Waals surface area contributed by atoms with Gasteiger partial charge in [-0.3, -0.25) is 4.72 Å². The molecule has 2 aromatic rings. The van der Waals surface area contributed by atoms with E-state index in [9.17, 15) is 9.00 Å². The Balaban J connectivity index is 2.47. The van der Waals surface area contributed by atoms with Gasteiger partial charge in [-0.1, -0.05) is 44.5 Å². The Morgan fingerprint density at radius 3 is 2.08 bits per heavy atom. The highest BCUT2D eigenvalue weighted by Crippen LogP contribution is 2.25. The summed E-state index contributed by atoms with van der Waals surface area (Å²) < 4.78 is 19.6. The number of nitrogens with two attached hydrogens (primary N) is 1. The minimum atomic E-state index is -3.24. The lowest BCUT2D eigenvalue weighted by atomic mass is 9.87. The van der Waals surface area contributed by atoms with Gasteiger partial charge < -0.3 is 5.73 Å². The van der Waals surface area contributed by atoms with Crippen LogP contribution < -0.4 is 10.5 Å². The number of primary amides is 1. The van der Waals surface area contributed by atoms with E-state index in [0.717, 1.165) is 5.56 Å². The lowest BCUT2D eigenvalue weighted by Crippen LogP contribution is -2.18. The topological polar surface area (TPSA) is 84.6 Å². The van der Waals surface area contributed by atoms with Crippen molar-refractivity contribution in [1.82, 2.24) is 0 Å². The van der Waals surface area contributed by atoms with Gasteiger partial charge in [0.25, 0.3) is 0 Å². The molecule has 3 N–H and O–H groups in total. The van der Waals surface area contributed by atoms with E-state index in [1.54, 1.807) is 36.4 Å². The van der Waals surface area contributed by atoms with Crippen LogP contribution in [0.3, 0.4) is 0 Å². The molecule has 0 saturated carbocycles. The predicted octanol–water partition coefficient (Wildman–Crippen LogP) is 4.57. The smallest absolute Gasteiger partial charge is 0.348 e. The van der Waals surface area contributed by atoms with Crippen LogP contribution >= 0.6 is 11.6 Å². The molecule has 0 radical (unpaired) electrons. The molecule has 1 unspecified atom stereocenters. The first-order valence-corrected chi connectivity index (χ1v) is 9.20. The van der Waals surface area contributed by atoms with Crippen molar-refractivity contribution in [2.75, 3.05) is 4.72 Å². The van der Waals surface area contributed by atoms with E-state index >= 15 is 0 Å². The van der Waals surface area contributed by atoms with Crippen molar-refractivity contribution >= 4 is 33.2 Å². The van der Waals surface area contributed by atoms with Crippen LogP contribution in [-0.4, -0.2) is 10.2 Å². The molecule has 24 heavy (non-hydrogen) atoms.